The van der Waals surface area contributed by atoms with Gasteiger partial charge in [0.1, 0.15) is 52.5 Å². The number of amides is 8. The first-order chi connectivity index (χ1) is 42.5. The minimum Gasteiger partial charge on any atom is -0.444 e. The lowest BCUT2D eigenvalue weighted by atomic mass is 9.83. The summed E-state index contributed by atoms with van der Waals surface area (Å²) in [6, 6.07) is 14.6. The third kappa shape index (κ3) is 18.4. The molecular weight excluding hydrogens is 1280 g/mol. The summed E-state index contributed by atoms with van der Waals surface area (Å²) in [5.74, 6) is -6.58. The van der Waals surface area contributed by atoms with E-state index in [4.69, 9.17) is 14.2 Å². The van der Waals surface area contributed by atoms with Gasteiger partial charge in [0.25, 0.3) is 5.91 Å². The van der Waals surface area contributed by atoms with Gasteiger partial charge in [-0.1, -0.05) is 57.2 Å². The van der Waals surface area contributed by atoms with E-state index >= 15 is 13.6 Å². The Morgan fingerprint density at radius 2 is 1.40 bits per heavy atom. The number of rotatable bonds is 16. The van der Waals surface area contributed by atoms with E-state index in [-0.39, 0.29) is 98.0 Å². The van der Waals surface area contributed by atoms with Crippen LogP contribution in [0.1, 0.15) is 124 Å². The largest absolute Gasteiger partial charge is 0.444 e. The van der Waals surface area contributed by atoms with Crippen LogP contribution in [-0.4, -0.2) is 180 Å². The molecule has 94 heavy (non-hydrogen) atoms. The number of carbonyl (C=O) groups is 8. The number of hydrogen-bond donors (Lipinski definition) is 4. The van der Waals surface area contributed by atoms with Gasteiger partial charge in [-0.15, -0.1) is 37.2 Å². The Morgan fingerprint density at radius 3 is 2.02 bits per heavy atom. The topological polar surface area (TPSA) is 232 Å². The number of para-hydroxylation sites is 1. The van der Waals surface area contributed by atoms with Crippen LogP contribution in [0.5, 0.6) is 0 Å². The van der Waals surface area contributed by atoms with Crippen LogP contribution in [0.3, 0.4) is 0 Å². The Morgan fingerprint density at radius 1 is 0.766 bits per heavy atom. The molecule has 4 aromatic carbocycles. The molecule has 7 atom stereocenters. The van der Waals surface area contributed by atoms with Crippen molar-refractivity contribution in [2.75, 3.05) is 81.6 Å². The number of ether oxygens (including phenoxy) is 3. The number of nitrogens with one attached hydrogen (secondary N) is 4. The Hall–Kier alpha value is -7.22. The standard InChI is InChI=1S/C67H87F3N10O11.3ClH/c1-39-32-77(47(34-76-26-27-89-37-40(76)2)35-78(39)63(88)91-66(10,11)12)36-54(82)80-38-67(13,49-25-20-43(29-52(49)80)28-42-18-22-45(68)23-19-42)61(86)71-31-53(81)72-46-24-21-44-33-79(56(48(44)30-46)59(84)73-55-50(69)16-15-17-51(55)70)60(85)57(64(4,5)6)74-58(83)41(3)75(14)62(87)90-65(7,8)9;;;/h15-25,29-30,39-41,47,56-57H,26-28,31-38H2,1-14H3,(H,71,86)(H,72,81)(H,73,84)(H,74,83);3*1H/t39-,40-,41+,47+,56+,57-,67-;;;/m1.../s1. The summed E-state index contributed by atoms with van der Waals surface area (Å²) in [6.07, 6.45) is -0.837. The molecule has 0 unspecified atom stereocenters. The van der Waals surface area contributed by atoms with E-state index in [9.17, 15) is 38.0 Å². The molecule has 27 heteroatoms. The number of nitrogens with zero attached hydrogens (tertiary/aromatic N) is 6. The number of carbonyl (C=O) groups excluding carboxylic acids is 8. The highest BCUT2D eigenvalue weighted by Crippen LogP contribution is 2.43. The summed E-state index contributed by atoms with van der Waals surface area (Å²) < 4.78 is 61.4. The summed E-state index contributed by atoms with van der Waals surface area (Å²) in [4.78, 5) is 124. The van der Waals surface area contributed by atoms with E-state index < -0.39 is 106 Å². The van der Waals surface area contributed by atoms with Gasteiger partial charge >= 0.3 is 12.2 Å². The maximum absolute atomic E-state index is 15.2. The van der Waals surface area contributed by atoms with Crippen LogP contribution in [0, 0.1) is 22.9 Å². The molecule has 2 saturated heterocycles. The molecule has 0 saturated carbocycles. The summed E-state index contributed by atoms with van der Waals surface area (Å²) >= 11 is 0. The summed E-state index contributed by atoms with van der Waals surface area (Å²) in [5.41, 5.74) is -1.41. The van der Waals surface area contributed by atoms with Gasteiger partial charge in [-0.2, -0.15) is 0 Å². The number of likely N-dealkylation sites (N-methyl/N-ethyl adjacent to an activating group) is 1. The van der Waals surface area contributed by atoms with Gasteiger partial charge in [-0.05, 0) is 151 Å². The number of halogens is 6. The average Bonchev–Trinajstić information content (AvgIpc) is 1.59. The first-order valence-corrected chi connectivity index (χ1v) is 30.8. The molecule has 21 nitrogen and oxygen atoms in total. The Labute approximate surface area is 567 Å². The fourth-order valence-electron chi connectivity index (χ4n) is 11.8. The van der Waals surface area contributed by atoms with Crippen LogP contribution in [-0.2, 0) is 61.4 Å². The van der Waals surface area contributed by atoms with Crippen molar-refractivity contribution in [1.82, 2.24) is 35.1 Å². The summed E-state index contributed by atoms with van der Waals surface area (Å²) in [7, 11) is 1.38. The van der Waals surface area contributed by atoms with E-state index in [1.165, 1.54) is 43.1 Å². The molecule has 4 aliphatic rings. The highest BCUT2D eigenvalue weighted by Gasteiger charge is 2.49. The number of benzene rings is 4. The molecule has 516 valence electrons. The summed E-state index contributed by atoms with van der Waals surface area (Å²) in [5, 5.41) is 10.6. The second-order valence-corrected chi connectivity index (χ2v) is 27.6. The van der Waals surface area contributed by atoms with E-state index in [0.717, 1.165) is 34.2 Å². The lowest BCUT2D eigenvalue weighted by Crippen LogP contribution is -2.64. The minimum absolute atomic E-state index is 0. The van der Waals surface area contributed by atoms with Gasteiger partial charge in [-0.3, -0.25) is 43.5 Å². The third-order valence-corrected chi connectivity index (χ3v) is 17.0. The second-order valence-electron chi connectivity index (χ2n) is 27.6. The predicted molar refractivity (Wildman–Crippen MR) is 358 cm³/mol. The normalized spacial score (nSPS) is 20.3. The molecule has 8 rings (SSSR count). The molecule has 4 N–H and O–H groups in total. The highest BCUT2D eigenvalue weighted by molar-refractivity contribution is 6.05. The maximum Gasteiger partial charge on any atom is 0.410 e. The molecule has 4 aromatic rings. The van der Waals surface area contributed by atoms with E-state index in [1.807, 2.05) is 39.8 Å². The quantitative estimate of drug-likeness (QED) is 0.0821. The molecule has 4 aliphatic heterocycles. The molecule has 0 bridgehead atoms. The monoisotopic (exact) mass is 1370 g/mol. The number of fused-ring (bicyclic) bond motifs is 2. The fourth-order valence-corrected chi connectivity index (χ4v) is 11.8. The zero-order valence-corrected chi connectivity index (χ0v) is 58.2. The fraction of sp³-hybridized carbons (Fsp3) is 0.522. The van der Waals surface area contributed by atoms with Crippen molar-refractivity contribution < 1.29 is 65.7 Å². The van der Waals surface area contributed by atoms with Crippen molar-refractivity contribution in [2.45, 2.75) is 156 Å². The van der Waals surface area contributed by atoms with Crippen molar-refractivity contribution in [3.63, 3.8) is 0 Å². The van der Waals surface area contributed by atoms with Crippen molar-refractivity contribution in [3.05, 3.63) is 124 Å². The van der Waals surface area contributed by atoms with Crippen molar-refractivity contribution in [2.24, 2.45) is 5.41 Å². The van der Waals surface area contributed by atoms with Crippen LogP contribution in [0.2, 0.25) is 0 Å². The van der Waals surface area contributed by atoms with Gasteiger partial charge in [0, 0.05) is 75.8 Å². The Balaban J connectivity index is 0.00000534. The van der Waals surface area contributed by atoms with Crippen LogP contribution < -0.4 is 26.2 Å². The number of morpholine rings is 1. The molecule has 0 aliphatic carbocycles. The molecule has 2 fully saturated rings. The van der Waals surface area contributed by atoms with Gasteiger partial charge in [0.15, 0.2) is 0 Å². The average molecular weight is 1370 g/mol. The van der Waals surface area contributed by atoms with Crippen LogP contribution in [0.4, 0.5) is 39.8 Å². The molecule has 4 heterocycles. The smallest absolute Gasteiger partial charge is 0.410 e. The third-order valence-electron chi connectivity index (χ3n) is 17.0. The highest BCUT2D eigenvalue weighted by atomic mass is 35.5. The number of anilines is 3. The first-order valence-electron chi connectivity index (χ1n) is 30.8. The number of piperazine rings is 1. The lowest BCUT2D eigenvalue weighted by molar-refractivity contribution is -0.145. The molecule has 8 amide bonds. The zero-order valence-electron chi connectivity index (χ0n) is 55.8. The van der Waals surface area contributed by atoms with Gasteiger partial charge < -0.3 is 50.2 Å². The van der Waals surface area contributed by atoms with E-state index in [2.05, 4.69) is 38.0 Å². The molecule has 0 spiro atoms. The van der Waals surface area contributed by atoms with Crippen molar-refractivity contribution >= 4 is 102 Å². The van der Waals surface area contributed by atoms with Crippen LogP contribution >= 0.6 is 37.2 Å². The SMILES string of the molecule is C[C@@H]1COCCN1C[C@H]1CN(C(=O)OC(C)(C)C)[C@H](C)CN1CC(=O)N1C[C@@](C)(C(=O)NCC(=O)Nc2ccc3c(c2)[C@@H](C(=O)Nc2c(F)cccc2F)N(C(=O)[C@@H](NC(=O)[C@H](C)N(C)C(=O)OC(C)(C)C)C(C)(C)C)C3)c2ccc(Cc3ccc(F)cc3)cc21.Cl.Cl.Cl. The van der Waals surface area contributed by atoms with E-state index in [0.29, 0.717) is 62.6 Å². The zero-order chi connectivity index (χ0) is 66.8. The van der Waals surface area contributed by atoms with Crippen molar-refractivity contribution in [3.8, 4) is 0 Å². The minimum atomic E-state index is -1.57. The maximum atomic E-state index is 15.2. The number of hydrogen-bond acceptors (Lipinski definition) is 13. The van der Waals surface area contributed by atoms with Crippen LogP contribution in [0.25, 0.3) is 0 Å². The van der Waals surface area contributed by atoms with E-state index in [1.54, 1.807) is 82.5 Å². The van der Waals surface area contributed by atoms with Gasteiger partial charge in [-0.25, -0.2) is 22.8 Å². The van der Waals surface area contributed by atoms with Crippen molar-refractivity contribution in [1.29, 1.82) is 0 Å². The molecule has 0 radical (unpaired) electrons. The van der Waals surface area contributed by atoms with Crippen LogP contribution in [0.15, 0.2) is 78.9 Å². The Kier molecular flexibility index (Phi) is 25.6. The lowest BCUT2D eigenvalue weighted by Gasteiger charge is -2.47. The van der Waals surface area contributed by atoms with Gasteiger partial charge in [0.2, 0.25) is 29.5 Å². The molecular formula is C67H90Cl3F3N10O11. The first kappa shape index (κ1) is 77.5. The predicted octanol–water partition coefficient (Wildman–Crippen LogP) is 9.16. The summed E-state index contributed by atoms with van der Waals surface area (Å²) in [6.45, 7) is 24.7. The second kappa shape index (κ2) is 31.1. The van der Waals surface area contributed by atoms with Gasteiger partial charge in [0.05, 0.1) is 31.7 Å². The Bertz CT molecular complexity index is 3420. The molecule has 0 aromatic heterocycles.